The molecule has 0 radical (unpaired) electrons. The van der Waals surface area contributed by atoms with Gasteiger partial charge in [0.15, 0.2) is 5.96 Å². The van der Waals surface area contributed by atoms with Gasteiger partial charge in [0.05, 0.1) is 6.54 Å². The van der Waals surface area contributed by atoms with Crippen LogP contribution >= 0.6 is 24.0 Å². The molecule has 1 aromatic rings. The Morgan fingerprint density at radius 3 is 2.28 bits per heavy atom. The fraction of sp³-hybridized carbons (Fsp3) is 0.696. The maximum Gasteiger partial charge on any atom is 0.191 e. The van der Waals surface area contributed by atoms with Gasteiger partial charge in [-0.05, 0) is 82.9 Å². The summed E-state index contributed by atoms with van der Waals surface area (Å²) in [4.78, 5) is 9.80. The van der Waals surface area contributed by atoms with E-state index in [0.29, 0.717) is 0 Å². The first-order valence-corrected chi connectivity index (χ1v) is 11.2. The number of hydrogen-bond donors (Lipinski definition) is 2. The van der Waals surface area contributed by atoms with Crippen LogP contribution in [-0.4, -0.2) is 62.1 Å². The number of halogens is 1. The quantitative estimate of drug-likeness (QED) is 0.332. The van der Waals surface area contributed by atoms with Gasteiger partial charge >= 0.3 is 0 Å². The van der Waals surface area contributed by atoms with Crippen LogP contribution in [0.15, 0.2) is 29.3 Å². The summed E-state index contributed by atoms with van der Waals surface area (Å²) in [7, 11) is 2.22. The molecule has 2 aliphatic rings. The van der Waals surface area contributed by atoms with Crippen molar-refractivity contribution in [2.24, 2.45) is 10.9 Å². The molecule has 0 saturated carbocycles. The third kappa shape index (κ3) is 8.80. The largest absolute Gasteiger partial charge is 0.357 e. The average Bonchev–Trinajstić information content (AvgIpc) is 2.73. The molecule has 0 spiro atoms. The molecule has 2 fully saturated rings. The van der Waals surface area contributed by atoms with Crippen molar-refractivity contribution in [2.45, 2.75) is 52.1 Å². The monoisotopic (exact) mass is 513 g/mol. The minimum Gasteiger partial charge on any atom is -0.357 e. The number of benzene rings is 1. The Morgan fingerprint density at radius 1 is 0.966 bits per heavy atom. The highest BCUT2D eigenvalue weighted by Gasteiger charge is 2.16. The number of guanidine groups is 1. The summed E-state index contributed by atoms with van der Waals surface area (Å²) < 4.78 is 0. The molecule has 6 heteroatoms. The molecular weight excluding hydrogens is 473 g/mol. The van der Waals surface area contributed by atoms with E-state index in [9.17, 15) is 0 Å². The Morgan fingerprint density at radius 2 is 1.62 bits per heavy atom. The Balaban J connectivity index is 0.00000300. The molecular formula is C23H40IN5. The second-order valence-electron chi connectivity index (χ2n) is 8.48. The van der Waals surface area contributed by atoms with E-state index in [0.717, 1.165) is 38.1 Å². The van der Waals surface area contributed by atoms with E-state index in [1.807, 2.05) is 0 Å². The molecule has 0 bridgehead atoms. The van der Waals surface area contributed by atoms with Gasteiger partial charge in [-0.2, -0.15) is 0 Å². The number of rotatable bonds is 7. The fourth-order valence-electron chi connectivity index (χ4n) is 4.15. The van der Waals surface area contributed by atoms with Gasteiger partial charge in [-0.3, -0.25) is 4.90 Å². The lowest BCUT2D eigenvalue weighted by Gasteiger charge is -2.29. The molecule has 3 rings (SSSR count). The lowest BCUT2D eigenvalue weighted by Crippen LogP contribution is -2.42. The molecule has 2 heterocycles. The standard InChI is InChI=1S/C23H39N5.HI/c1-3-24-23(26-18-21-11-15-27(2)16-12-21)25-17-20-7-9-22(10-8-20)19-28-13-5-4-6-14-28;/h7-10,21H,3-6,11-19H2,1-2H3,(H2,24,25,26);1H. The number of piperidine rings is 2. The molecule has 0 aromatic heterocycles. The summed E-state index contributed by atoms with van der Waals surface area (Å²) in [6.45, 7) is 10.8. The first-order chi connectivity index (χ1) is 13.7. The zero-order valence-electron chi connectivity index (χ0n) is 18.3. The topological polar surface area (TPSA) is 42.9 Å². The molecule has 0 amide bonds. The second kappa shape index (κ2) is 13.4. The van der Waals surface area contributed by atoms with Crippen LogP contribution in [0.4, 0.5) is 0 Å². The minimum atomic E-state index is 0. The van der Waals surface area contributed by atoms with Gasteiger partial charge in [-0.25, -0.2) is 4.99 Å². The second-order valence-corrected chi connectivity index (χ2v) is 8.48. The predicted molar refractivity (Wildman–Crippen MR) is 134 cm³/mol. The van der Waals surface area contributed by atoms with Crippen molar-refractivity contribution in [3.63, 3.8) is 0 Å². The third-order valence-corrected chi connectivity index (χ3v) is 6.04. The van der Waals surface area contributed by atoms with Gasteiger partial charge in [0.2, 0.25) is 0 Å². The van der Waals surface area contributed by atoms with Gasteiger partial charge < -0.3 is 15.5 Å². The minimum absolute atomic E-state index is 0. The van der Waals surface area contributed by atoms with Crippen LogP contribution < -0.4 is 10.6 Å². The van der Waals surface area contributed by atoms with E-state index < -0.39 is 0 Å². The molecule has 1 aromatic carbocycles. The lowest BCUT2D eigenvalue weighted by atomic mass is 9.97. The zero-order valence-corrected chi connectivity index (χ0v) is 20.7. The fourth-order valence-corrected chi connectivity index (χ4v) is 4.15. The van der Waals surface area contributed by atoms with Crippen LogP contribution in [0.1, 0.15) is 50.2 Å². The van der Waals surface area contributed by atoms with E-state index in [1.165, 1.54) is 69.4 Å². The summed E-state index contributed by atoms with van der Waals surface area (Å²) in [5.74, 6) is 1.70. The lowest BCUT2D eigenvalue weighted by molar-refractivity contribution is 0.220. The maximum absolute atomic E-state index is 4.80. The summed E-state index contributed by atoms with van der Waals surface area (Å²) in [5, 5.41) is 6.94. The Kier molecular flexibility index (Phi) is 11.3. The molecule has 2 aliphatic heterocycles. The van der Waals surface area contributed by atoms with Gasteiger partial charge in [0, 0.05) is 19.6 Å². The normalized spacial score (nSPS) is 19.6. The van der Waals surface area contributed by atoms with Crippen LogP contribution in [0.2, 0.25) is 0 Å². The van der Waals surface area contributed by atoms with Gasteiger partial charge in [-0.1, -0.05) is 30.7 Å². The van der Waals surface area contributed by atoms with Gasteiger partial charge in [0.1, 0.15) is 0 Å². The van der Waals surface area contributed by atoms with Crippen molar-refractivity contribution in [3.05, 3.63) is 35.4 Å². The highest BCUT2D eigenvalue weighted by atomic mass is 127. The Labute approximate surface area is 194 Å². The number of hydrogen-bond acceptors (Lipinski definition) is 3. The summed E-state index contributed by atoms with van der Waals surface area (Å²) in [5.41, 5.74) is 2.70. The van der Waals surface area contributed by atoms with Gasteiger partial charge in [0.25, 0.3) is 0 Å². The number of likely N-dealkylation sites (tertiary alicyclic amines) is 2. The van der Waals surface area contributed by atoms with Crippen molar-refractivity contribution in [1.82, 2.24) is 20.4 Å². The van der Waals surface area contributed by atoms with Crippen molar-refractivity contribution < 1.29 is 0 Å². The average molecular weight is 514 g/mol. The number of aliphatic imine (C=N–C) groups is 1. The summed E-state index contributed by atoms with van der Waals surface area (Å²) in [6.07, 6.45) is 6.66. The van der Waals surface area contributed by atoms with Crippen LogP contribution in [0.5, 0.6) is 0 Å². The van der Waals surface area contributed by atoms with E-state index in [1.54, 1.807) is 0 Å². The molecule has 164 valence electrons. The van der Waals surface area contributed by atoms with Crippen LogP contribution in [-0.2, 0) is 13.1 Å². The van der Waals surface area contributed by atoms with Crippen molar-refractivity contribution in [2.75, 3.05) is 46.3 Å². The molecule has 5 nitrogen and oxygen atoms in total. The van der Waals surface area contributed by atoms with Crippen LogP contribution in [0, 0.1) is 5.92 Å². The first-order valence-electron chi connectivity index (χ1n) is 11.2. The third-order valence-electron chi connectivity index (χ3n) is 6.04. The highest BCUT2D eigenvalue weighted by Crippen LogP contribution is 2.15. The van der Waals surface area contributed by atoms with E-state index >= 15 is 0 Å². The highest BCUT2D eigenvalue weighted by molar-refractivity contribution is 14.0. The molecule has 0 unspecified atom stereocenters. The number of nitrogens with zero attached hydrogens (tertiary/aromatic N) is 3. The molecule has 2 saturated heterocycles. The van der Waals surface area contributed by atoms with Crippen molar-refractivity contribution >= 4 is 29.9 Å². The van der Waals surface area contributed by atoms with Crippen molar-refractivity contribution in [3.8, 4) is 0 Å². The van der Waals surface area contributed by atoms with Gasteiger partial charge in [-0.15, -0.1) is 24.0 Å². The first kappa shape index (κ1) is 24.4. The zero-order chi connectivity index (χ0) is 19.6. The molecule has 29 heavy (non-hydrogen) atoms. The van der Waals surface area contributed by atoms with Crippen LogP contribution in [0.25, 0.3) is 0 Å². The number of nitrogens with one attached hydrogen (secondary N) is 2. The molecule has 0 aliphatic carbocycles. The summed E-state index contributed by atoms with van der Waals surface area (Å²) >= 11 is 0. The molecule has 0 atom stereocenters. The summed E-state index contributed by atoms with van der Waals surface area (Å²) in [6, 6.07) is 9.03. The molecule has 2 N–H and O–H groups in total. The van der Waals surface area contributed by atoms with Crippen LogP contribution in [0.3, 0.4) is 0 Å². The Hall–Kier alpha value is -0.860. The predicted octanol–water partition coefficient (Wildman–Crippen LogP) is 3.69. The smallest absolute Gasteiger partial charge is 0.191 e. The van der Waals surface area contributed by atoms with E-state index in [4.69, 9.17) is 4.99 Å². The van der Waals surface area contributed by atoms with E-state index in [2.05, 4.69) is 58.7 Å². The Bertz CT molecular complexity index is 590. The SMILES string of the molecule is CCNC(=NCc1ccc(CN2CCCCC2)cc1)NCC1CCN(C)CC1.I. The van der Waals surface area contributed by atoms with Crippen molar-refractivity contribution in [1.29, 1.82) is 0 Å². The van der Waals surface area contributed by atoms with E-state index in [-0.39, 0.29) is 24.0 Å². The maximum atomic E-state index is 4.80.